The topological polar surface area (TPSA) is 95.7 Å². The Morgan fingerprint density at radius 3 is 2.54 bits per heavy atom. The average Bonchev–Trinajstić information content (AvgIpc) is 2.65. The summed E-state index contributed by atoms with van der Waals surface area (Å²) in [7, 11) is 1.44. The molecule has 0 saturated carbocycles. The van der Waals surface area contributed by atoms with Gasteiger partial charge in [0.2, 0.25) is 5.78 Å². The van der Waals surface area contributed by atoms with Crippen LogP contribution in [0.1, 0.15) is 26.3 Å². The van der Waals surface area contributed by atoms with Crippen molar-refractivity contribution in [1.29, 1.82) is 0 Å². The smallest absolute Gasteiger partial charge is 0.342 e. The lowest BCUT2D eigenvalue weighted by molar-refractivity contribution is -0.385. The maximum Gasteiger partial charge on any atom is 0.342 e. The third-order valence-corrected chi connectivity index (χ3v) is 4.42. The molecule has 2 aromatic rings. The molecule has 0 aliphatic rings. The number of ether oxygens (including phenoxy) is 2. The highest BCUT2D eigenvalue weighted by molar-refractivity contribution is 7.98. The fraction of sp³-hybridized carbons (Fsp3) is 0.222. The molecule has 0 radical (unpaired) electrons. The van der Waals surface area contributed by atoms with E-state index >= 15 is 0 Å². The zero-order valence-electron chi connectivity index (χ0n) is 14.5. The number of ketones is 1. The standard InChI is InChI=1S/C18H17NO6S/c1-11-4-5-12(8-15(11)19(22)23)16(20)10-25-18(21)14-7-6-13(26-3)9-17(14)24-2/h4-9H,10H2,1-3H3. The van der Waals surface area contributed by atoms with Gasteiger partial charge in [0, 0.05) is 22.1 Å². The van der Waals surface area contributed by atoms with Crippen molar-refractivity contribution in [1.82, 2.24) is 0 Å². The molecule has 8 heteroatoms. The molecule has 0 N–H and O–H groups in total. The second kappa shape index (κ2) is 8.48. The van der Waals surface area contributed by atoms with E-state index in [1.807, 2.05) is 6.26 Å². The fourth-order valence-corrected chi connectivity index (χ4v) is 2.67. The van der Waals surface area contributed by atoms with Gasteiger partial charge in [0.05, 0.1) is 12.0 Å². The highest BCUT2D eigenvalue weighted by atomic mass is 32.2. The van der Waals surface area contributed by atoms with Crippen molar-refractivity contribution in [2.45, 2.75) is 11.8 Å². The molecule has 0 amide bonds. The Bertz CT molecular complexity index is 865. The molecule has 136 valence electrons. The van der Waals surface area contributed by atoms with Crippen molar-refractivity contribution < 1.29 is 24.0 Å². The molecule has 0 aliphatic heterocycles. The predicted molar refractivity (Wildman–Crippen MR) is 97.2 cm³/mol. The number of methoxy groups -OCH3 is 1. The lowest BCUT2D eigenvalue weighted by Crippen LogP contribution is -2.15. The zero-order valence-corrected chi connectivity index (χ0v) is 15.3. The SMILES string of the molecule is COc1cc(SC)ccc1C(=O)OCC(=O)c1ccc(C)c([N+](=O)[O-])c1. The number of Topliss-reactive ketones (excluding diaryl/α,β-unsaturated/α-hetero) is 1. The number of hydrogen-bond acceptors (Lipinski definition) is 7. The minimum absolute atomic E-state index is 0.111. The molecule has 0 aliphatic carbocycles. The van der Waals surface area contributed by atoms with Crippen molar-refractivity contribution in [2.24, 2.45) is 0 Å². The highest BCUT2D eigenvalue weighted by Gasteiger charge is 2.19. The Kier molecular flexibility index (Phi) is 6.35. The minimum Gasteiger partial charge on any atom is -0.496 e. The molecule has 2 aromatic carbocycles. The van der Waals surface area contributed by atoms with Gasteiger partial charge in [0.15, 0.2) is 6.61 Å². The van der Waals surface area contributed by atoms with Gasteiger partial charge in [-0.1, -0.05) is 12.1 Å². The molecule has 0 atom stereocenters. The average molecular weight is 375 g/mol. The van der Waals surface area contributed by atoms with Crippen LogP contribution in [0, 0.1) is 17.0 Å². The molecule has 0 spiro atoms. The molecule has 7 nitrogen and oxygen atoms in total. The lowest BCUT2D eigenvalue weighted by atomic mass is 10.1. The van der Waals surface area contributed by atoms with Crippen LogP contribution in [0.15, 0.2) is 41.3 Å². The van der Waals surface area contributed by atoms with Gasteiger partial charge in [-0.25, -0.2) is 4.79 Å². The van der Waals surface area contributed by atoms with Gasteiger partial charge >= 0.3 is 5.97 Å². The van der Waals surface area contributed by atoms with Crippen LogP contribution in [0.4, 0.5) is 5.69 Å². The number of aryl methyl sites for hydroxylation is 1. The van der Waals surface area contributed by atoms with Crippen LogP contribution >= 0.6 is 11.8 Å². The summed E-state index contributed by atoms with van der Waals surface area (Å²) in [4.78, 5) is 35.7. The number of nitrogens with zero attached hydrogens (tertiary/aromatic N) is 1. The van der Waals surface area contributed by atoms with Gasteiger partial charge < -0.3 is 9.47 Å². The van der Waals surface area contributed by atoms with Crippen molar-refractivity contribution in [3.05, 3.63) is 63.2 Å². The van der Waals surface area contributed by atoms with Crippen LogP contribution in [0.25, 0.3) is 0 Å². The number of nitro groups is 1. The van der Waals surface area contributed by atoms with Gasteiger partial charge in [-0.3, -0.25) is 14.9 Å². The van der Waals surface area contributed by atoms with Crippen LogP contribution in [-0.4, -0.2) is 36.6 Å². The van der Waals surface area contributed by atoms with Crippen molar-refractivity contribution >= 4 is 29.2 Å². The highest BCUT2D eigenvalue weighted by Crippen LogP contribution is 2.26. The summed E-state index contributed by atoms with van der Waals surface area (Å²) < 4.78 is 10.2. The Balaban J connectivity index is 2.11. The van der Waals surface area contributed by atoms with Crippen LogP contribution in [0.2, 0.25) is 0 Å². The Hall–Kier alpha value is -2.87. The molecule has 2 rings (SSSR count). The molecule has 0 fully saturated rings. The molecular weight excluding hydrogens is 358 g/mol. The Labute approximate surface area is 154 Å². The number of benzene rings is 2. The second-order valence-electron chi connectivity index (χ2n) is 5.32. The van der Waals surface area contributed by atoms with E-state index in [-0.39, 0.29) is 16.8 Å². The maximum atomic E-state index is 12.2. The number of carbonyl (C=O) groups excluding carboxylic acids is 2. The summed E-state index contributed by atoms with van der Waals surface area (Å²) in [5.41, 5.74) is 0.603. The van der Waals surface area contributed by atoms with Crippen LogP contribution in [0.3, 0.4) is 0 Å². The van der Waals surface area contributed by atoms with E-state index in [0.717, 1.165) is 4.90 Å². The summed E-state index contributed by atoms with van der Waals surface area (Å²) in [6, 6.07) is 9.14. The van der Waals surface area contributed by atoms with E-state index in [1.165, 1.54) is 37.1 Å². The number of hydrogen-bond donors (Lipinski definition) is 0. The first-order valence-corrected chi connectivity index (χ1v) is 8.77. The maximum absolute atomic E-state index is 12.2. The normalized spacial score (nSPS) is 10.3. The number of esters is 1. The zero-order chi connectivity index (χ0) is 19.3. The molecule has 0 aromatic heterocycles. The van der Waals surface area contributed by atoms with E-state index in [1.54, 1.807) is 25.1 Å². The largest absolute Gasteiger partial charge is 0.496 e. The number of nitro benzene ring substituents is 1. The quantitative estimate of drug-likeness (QED) is 0.239. The van der Waals surface area contributed by atoms with Crippen LogP contribution < -0.4 is 4.74 Å². The summed E-state index contributed by atoms with van der Waals surface area (Å²) >= 11 is 1.50. The van der Waals surface area contributed by atoms with Gasteiger partial charge in [0.25, 0.3) is 5.69 Å². The first-order valence-electron chi connectivity index (χ1n) is 7.54. The van der Waals surface area contributed by atoms with Gasteiger partial charge in [0.1, 0.15) is 11.3 Å². The van der Waals surface area contributed by atoms with E-state index in [0.29, 0.717) is 11.3 Å². The summed E-state index contributed by atoms with van der Waals surface area (Å²) in [5.74, 6) is -0.883. The number of rotatable bonds is 7. The summed E-state index contributed by atoms with van der Waals surface area (Å²) in [5, 5.41) is 11.0. The third kappa shape index (κ3) is 4.40. The molecular formula is C18H17NO6S. The van der Waals surface area contributed by atoms with Crippen molar-refractivity contribution in [3.63, 3.8) is 0 Å². The summed E-state index contributed by atoms with van der Waals surface area (Å²) in [6.07, 6.45) is 1.90. The van der Waals surface area contributed by atoms with E-state index < -0.39 is 23.3 Å². The van der Waals surface area contributed by atoms with Crippen molar-refractivity contribution in [2.75, 3.05) is 20.0 Å². The molecule has 0 unspecified atom stereocenters. The third-order valence-electron chi connectivity index (χ3n) is 3.69. The molecule has 0 bridgehead atoms. The minimum atomic E-state index is -0.704. The van der Waals surface area contributed by atoms with Gasteiger partial charge in [-0.2, -0.15) is 0 Å². The second-order valence-corrected chi connectivity index (χ2v) is 6.20. The van der Waals surface area contributed by atoms with E-state index in [4.69, 9.17) is 9.47 Å². The summed E-state index contributed by atoms with van der Waals surface area (Å²) in [6.45, 7) is 1.06. The van der Waals surface area contributed by atoms with Crippen LogP contribution in [0.5, 0.6) is 5.75 Å². The Morgan fingerprint density at radius 2 is 1.92 bits per heavy atom. The monoisotopic (exact) mass is 375 g/mol. The number of carbonyl (C=O) groups is 2. The molecule has 0 saturated heterocycles. The first-order chi connectivity index (χ1) is 12.4. The predicted octanol–water partition coefficient (Wildman–Crippen LogP) is 3.67. The van der Waals surface area contributed by atoms with E-state index in [9.17, 15) is 19.7 Å². The van der Waals surface area contributed by atoms with E-state index in [2.05, 4.69) is 0 Å². The van der Waals surface area contributed by atoms with Crippen LogP contribution in [-0.2, 0) is 4.74 Å². The Morgan fingerprint density at radius 1 is 1.19 bits per heavy atom. The lowest BCUT2D eigenvalue weighted by Gasteiger charge is -2.10. The molecule has 26 heavy (non-hydrogen) atoms. The van der Waals surface area contributed by atoms with Gasteiger partial charge in [-0.05, 0) is 31.4 Å². The fourth-order valence-electron chi connectivity index (χ4n) is 2.24. The molecule has 0 heterocycles. The first kappa shape index (κ1) is 19.5. The van der Waals surface area contributed by atoms with Gasteiger partial charge in [-0.15, -0.1) is 11.8 Å². The van der Waals surface area contributed by atoms with Crippen molar-refractivity contribution in [3.8, 4) is 5.75 Å². The number of thioether (sulfide) groups is 1.